The molecular formula is C14H19N3O4S2. The fourth-order valence-electron chi connectivity index (χ4n) is 1.91. The summed E-state index contributed by atoms with van der Waals surface area (Å²) in [5, 5.41) is 2.16. The summed E-state index contributed by atoms with van der Waals surface area (Å²) in [6.07, 6.45) is 0. The van der Waals surface area contributed by atoms with Crippen molar-refractivity contribution < 1.29 is 17.9 Å². The molecule has 1 N–H and O–H groups in total. The molecule has 0 saturated heterocycles. The molecule has 0 aliphatic heterocycles. The van der Waals surface area contributed by atoms with Crippen molar-refractivity contribution in [3.63, 3.8) is 0 Å². The lowest BCUT2D eigenvalue weighted by Gasteiger charge is -2.10. The summed E-state index contributed by atoms with van der Waals surface area (Å²) >= 11 is 1.25. The van der Waals surface area contributed by atoms with Crippen LogP contribution in [-0.2, 0) is 16.6 Å². The van der Waals surface area contributed by atoms with E-state index in [2.05, 4.69) is 9.71 Å². The molecule has 0 bridgehead atoms. The summed E-state index contributed by atoms with van der Waals surface area (Å²) in [5.74, 6) is 0.816. The minimum Gasteiger partial charge on any atom is -0.493 e. The summed E-state index contributed by atoms with van der Waals surface area (Å²) < 4.78 is 37.6. The van der Waals surface area contributed by atoms with Crippen LogP contribution in [-0.4, -0.2) is 46.6 Å². The fraction of sp³-hybridized carbons (Fsp3) is 0.357. The lowest BCUT2D eigenvalue weighted by Crippen LogP contribution is -2.14. The molecular weight excluding hydrogens is 338 g/mol. The van der Waals surface area contributed by atoms with E-state index in [9.17, 15) is 8.42 Å². The molecule has 2 rings (SSSR count). The van der Waals surface area contributed by atoms with Gasteiger partial charge in [-0.3, -0.25) is 4.72 Å². The van der Waals surface area contributed by atoms with Crippen molar-refractivity contribution in [3.8, 4) is 11.5 Å². The average Bonchev–Trinajstić information content (AvgIpc) is 2.91. The van der Waals surface area contributed by atoms with Crippen LogP contribution in [0.2, 0.25) is 0 Å². The van der Waals surface area contributed by atoms with E-state index in [1.165, 1.54) is 37.7 Å². The maximum Gasteiger partial charge on any atom is 0.263 e. The molecule has 7 nitrogen and oxygen atoms in total. The quantitative estimate of drug-likeness (QED) is 0.817. The van der Waals surface area contributed by atoms with Crippen molar-refractivity contribution >= 4 is 26.5 Å². The highest BCUT2D eigenvalue weighted by molar-refractivity contribution is 7.93. The van der Waals surface area contributed by atoms with Crippen molar-refractivity contribution in [2.24, 2.45) is 0 Å². The predicted molar refractivity (Wildman–Crippen MR) is 89.9 cm³/mol. The minimum absolute atomic E-state index is 0.0829. The van der Waals surface area contributed by atoms with E-state index in [-0.39, 0.29) is 4.90 Å². The molecule has 0 unspecified atom stereocenters. The summed E-state index contributed by atoms with van der Waals surface area (Å²) in [7, 11) is 3.06. The first-order valence-electron chi connectivity index (χ1n) is 6.69. The van der Waals surface area contributed by atoms with E-state index in [4.69, 9.17) is 9.47 Å². The number of nitrogens with one attached hydrogen (secondary N) is 1. The van der Waals surface area contributed by atoms with Crippen LogP contribution in [0.1, 0.15) is 5.69 Å². The molecule has 0 aliphatic carbocycles. The molecule has 9 heteroatoms. The van der Waals surface area contributed by atoms with Crippen LogP contribution >= 0.6 is 11.3 Å². The SMILES string of the molecule is COc1ccc(S(=O)(=O)Nc2nc(CN(C)C)cs2)cc1OC. The fourth-order valence-corrected chi connectivity index (χ4v) is 3.88. The molecule has 0 atom stereocenters. The number of nitrogens with zero attached hydrogens (tertiary/aromatic N) is 2. The summed E-state index contributed by atoms with van der Waals surface area (Å²) in [6.45, 7) is 0.647. The van der Waals surface area contributed by atoms with Crippen molar-refractivity contribution in [3.05, 3.63) is 29.3 Å². The van der Waals surface area contributed by atoms with Gasteiger partial charge in [0.05, 0.1) is 24.8 Å². The van der Waals surface area contributed by atoms with Crippen LogP contribution in [0.15, 0.2) is 28.5 Å². The second kappa shape index (κ2) is 7.16. The Morgan fingerprint density at radius 2 is 1.91 bits per heavy atom. The summed E-state index contributed by atoms with van der Waals surface area (Å²) in [5.41, 5.74) is 0.810. The summed E-state index contributed by atoms with van der Waals surface area (Å²) in [4.78, 5) is 6.31. The van der Waals surface area contributed by atoms with Gasteiger partial charge in [0.2, 0.25) is 0 Å². The highest BCUT2D eigenvalue weighted by Crippen LogP contribution is 2.30. The predicted octanol–water partition coefficient (Wildman–Crippen LogP) is 2.02. The Bertz CT molecular complexity index is 772. The molecule has 0 spiro atoms. The Hall–Kier alpha value is -1.84. The number of thiazole rings is 1. The Kier molecular flexibility index (Phi) is 5.45. The maximum absolute atomic E-state index is 12.4. The third-order valence-electron chi connectivity index (χ3n) is 2.92. The van der Waals surface area contributed by atoms with Crippen LogP contribution < -0.4 is 14.2 Å². The van der Waals surface area contributed by atoms with Gasteiger partial charge in [0.15, 0.2) is 16.6 Å². The number of ether oxygens (including phenoxy) is 2. The largest absolute Gasteiger partial charge is 0.493 e. The van der Waals surface area contributed by atoms with E-state index in [1.807, 2.05) is 24.4 Å². The van der Waals surface area contributed by atoms with Crippen LogP contribution in [0, 0.1) is 0 Å². The molecule has 0 fully saturated rings. The van der Waals surface area contributed by atoms with Gasteiger partial charge in [-0.25, -0.2) is 13.4 Å². The lowest BCUT2D eigenvalue weighted by atomic mass is 10.3. The van der Waals surface area contributed by atoms with E-state index < -0.39 is 10.0 Å². The van der Waals surface area contributed by atoms with E-state index >= 15 is 0 Å². The van der Waals surface area contributed by atoms with Gasteiger partial charge in [0, 0.05) is 18.0 Å². The molecule has 0 radical (unpaired) electrons. The molecule has 1 heterocycles. The Balaban J connectivity index is 2.23. The number of sulfonamides is 1. The Morgan fingerprint density at radius 1 is 1.22 bits per heavy atom. The minimum atomic E-state index is -3.74. The van der Waals surface area contributed by atoms with Gasteiger partial charge < -0.3 is 14.4 Å². The van der Waals surface area contributed by atoms with Gasteiger partial charge in [0.25, 0.3) is 10.0 Å². The van der Waals surface area contributed by atoms with Gasteiger partial charge in [-0.1, -0.05) is 0 Å². The number of hydrogen-bond donors (Lipinski definition) is 1. The van der Waals surface area contributed by atoms with Crippen molar-refractivity contribution in [2.75, 3.05) is 33.0 Å². The zero-order valence-corrected chi connectivity index (χ0v) is 15.0. The van der Waals surface area contributed by atoms with Gasteiger partial charge in [-0.15, -0.1) is 11.3 Å². The Morgan fingerprint density at radius 3 is 2.52 bits per heavy atom. The van der Waals surface area contributed by atoms with E-state index in [0.29, 0.717) is 23.2 Å². The third kappa shape index (κ3) is 4.34. The second-order valence-corrected chi connectivity index (χ2v) is 7.54. The topological polar surface area (TPSA) is 80.8 Å². The average molecular weight is 357 g/mol. The molecule has 2 aromatic rings. The zero-order valence-electron chi connectivity index (χ0n) is 13.4. The number of methoxy groups -OCH3 is 2. The zero-order chi connectivity index (χ0) is 17.0. The first-order chi connectivity index (χ1) is 10.9. The highest BCUT2D eigenvalue weighted by Gasteiger charge is 2.18. The highest BCUT2D eigenvalue weighted by atomic mass is 32.2. The maximum atomic E-state index is 12.4. The number of rotatable bonds is 7. The van der Waals surface area contributed by atoms with Gasteiger partial charge in [-0.05, 0) is 26.2 Å². The number of anilines is 1. The lowest BCUT2D eigenvalue weighted by molar-refractivity contribution is 0.354. The number of benzene rings is 1. The van der Waals surface area contributed by atoms with Gasteiger partial charge in [-0.2, -0.15) is 0 Å². The van der Waals surface area contributed by atoms with Crippen LogP contribution in [0.25, 0.3) is 0 Å². The monoisotopic (exact) mass is 357 g/mol. The van der Waals surface area contributed by atoms with Gasteiger partial charge in [0.1, 0.15) is 0 Å². The molecule has 0 amide bonds. The standard InChI is InChI=1S/C14H19N3O4S2/c1-17(2)8-10-9-22-14(15-10)16-23(18,19)11-5-6-12(20-3)13(7-11)21-4/h5-7,9H,8H2,1-4H3,(H,15,16). The van der Waals surface area contributed by atoms with Crippen LogP contribution in [0.4, 0.5) is 5.13 Å². The number of aromatic nitrogens is 1. The van der Waals surface area contributed by atoms with Crippen molar-refractivity contribution in [2.45, 2.75) is 11.4 Å². The molecule has 23 heavy (non-hydrogen) atoms. The third-order valence-corrected chi connectivity index (χ3v) is 5.19. The first kappa shape index (κ1) is 17.5. The van der Waals surface area contributed by atoms with Crippen molar-refractivity contribution in [1.29, 1.82) is 0 Å². The van der Waals surface area contributed by atoms with Crippen LogP contribution in [0.3, 0.4) is 0 Å². The molecule has 1 aromatic heterocycles. The number of hydrogen-bond acceptors (Lipinski definition) is 7. The normalized spacial score (nSPS) is 11.5. The summed E-state index contributed by atoms with van der Waals surface area (Å²) in [6, 6.07) is 4.42. The molecule has 1 aromatic carbocycles. The molecule has 126 valence electrons. The van der Waals surface area contributed by atoms with E-state index in [0.717, 1.165) is 5.69 Å². The second-order valence-electron chi connectivity index (χ2n) is 5.00. The van der Waals surface area contributed by atoms with Gasteiger partial charge >= 0.3 is 0 Å². The smallest absolute Gasteiger partial charge is 0.263 e. The van der Waals surface area contributed by atoms with E-state index in [1.54, 1.807) is 6.07 Å². The van der Waals surface area contributed by atoms with Crippen LogP contribution in [0.5, 0.6) is 11.5 Å². The molecule has 0 saturated carbocycles. The Labute approximate surface area is 139 Å². The van der Waals surface area contributed by atoms with Crippen molar-refractivity contribution in [1.82, 2.24) is 9.88 Å². The molecule has 0 aliphatic rings. The first-order valence-corrected chi connectivity index (χ1v) is 9.06.